The zero-order chi connectivity index (χ0) is 8.27. The zero-order valence-corrected chi connectivity index (χ0v) is 7.48. The molecular formula is C5H7ClN4S. The van der Waals surface area contributed by atoms with Crippen molar-refractivity contribution in [1.82, 2.24) is 15.0 Å². The molecule has 0 unspecified atom stereocenters. The Hall–Kier alpha value is -0.550. The SMILES string of the molecule is CSCc1nc(N)nc(Cl)n1. The van der Waals surface area contributed by atoms with Gasteiger partial charge in [0.15, 0.2) is 0 Å². The van der Waals surface area contributed by atoms with Crippen LogP contribution in [0.2, 0.25) is 5.28 Å². The summed E-state index contributed by atoms with van der Waals surface area (Å²) in [6, 6.07) is 0. The topological polar surface area (TPSA) is 64.7 Å². The fourth-order valence-electron chi connectivity index (χ4n) is 0.602. The number of aromatic nitrogens is 3. The van der Waals surface area contributed by atoms with Gasteiger partial charge < -0.3 is 5.73 Å². The summed E-state index contributed by atoms with van der Waals surface area (Å²) >= 11 is 7.14. The lowest BCUT2D eigenvalue weighted by atomic mass is 10.7. The first-order chi connectivity index (χ1) is 5.22. The van der Waals surface area contributed by atoms with Crippen molar-refractivity contribution >= 4 is 29.3 Å². The van der Waals surface area contributed by atoms with Crippen molar-refractivity contribution in [1.29, 1.82) is 0 Å². The standard InChI is InChI=1S/C5H7ClN4S/c1-11-2-3-8-4(6)10-5(7)9-3/h2H2,1H3,(H2,7,8,9,10). The quantitative estimate of drug-likeness (QED) is 0.753. The molecule has 2 N–H and O–H groups in total. The summed E-state index contributed by atoms with van der Waals surface area (Å²) in [7, 11) is 0. The molecular weight excluding hydrogens is 184 g/mol. The highest BCUT2D eigenvalue weighted by molar-refractivity contribution is 7.97. The van der Waals surface area contributed by atoms with E-state index >= 15 is 0 Å². The number of hydrogen-bond acceptors (Lipinski definition) is 5. The van der Waals surface area contributed by atoms with Crippen molar-refractivity contribution in [3.05, 3.63) is 11.1 Å². The lowest BCUT2D eigenvalue weighted by Gasteiger charge is -1.97. The van der Waals surface area contributed by atoms with Gasteiger partial charge in [-0.1, -0.05) is 0 Å². The number of thioether (sulfide) groups is 1. The van der Waals surface area contributed by atoms with Crippen molar-refractivity contribution in [3.63, 3.8) is 0 Å². The molecule has 1 heterocycles. The van der Waals surface area contributed by atoms with E-state index in [9.17, 15) is 0 Å². The van der Waals surface area contributed by atoms with Crippen LogP contribution in [0.25, 0.3) is 0 Å². The van der Waals surface area contributed by atoms with E-state index < -0.39 is 0 Å². The number of hydrogen-bond donors (Lipinski definition) is 1. The highest BCUT2D eigenvalue weighted by Crippen LogP contribution is 2.07. The molecule has 1 rings (SSSR count). The van der Waals surface area contributed by atoms with Crippen molar-refractivity contribution in [2.45, 2.75) is 5.75 Å². The van der Waals surface area contributed by atoms with Crippen LogP contribution in [0.5, 0.6) is 0 Å². The van der Waals surface area contributed by atoms with E-state index in [-0.39, 0.29) is 11.2 Å². The van der Waals surface area contributed by atoms with E-state index in [4.69, 9.17) is 17.3 Å². The summed E-state index contributed by atoms with van der Waals surface area (Å²) in [5.41, 5.74) is 5.33. The Morgan fingerprint density at radius 3 is 2.73 bits per heavy atom. The molecule has 4 nitrogen and oxygen atoms in total. The Morgan fingerprint density at radius 2 is 2.18 bits per heavy atom. The maximum Gasteiger partial charge on any atom is 0.227 e. The third-order valence-electron chi connectivity index (χ3n) is 0.945. The van der Waals surface area contributed by atoms with Crippen LogP contribution < -0.4 is 5.73 Å². The van der Waals surface area contributed by atoms with Crippen LogP contribution in [-0.4, -0.2) is 21.2 Å². The summed E-state index contributed by atoms with van der Waals surface area (Å²) in [5.74, 6) is 1.50. The van der Waals surface area contributed by atoms with Gasteiger partial charge in [0.25, 0.3) is 0 Å². The molecule has 0 saturated carbocycles. The number of nitrogens with two attached hydrogens (primary N) is 1. The van der Waals surface area contributed by atoms with Gasteiger partial charge >= 0.3 is 0 Å². The lowest BCUT2D eigenvalue weighted by molar-refractivity contribution is 0.976. The maximum atomic E-state index is 5.53. The van der Waals surface area contributed by atoms with Gasteiger partial charge in [0.2, 0.25) is 11.2 Å². The van der Waals surface area contributed by atoms with Gasteiger partial charge in [0, 0.05) is 0 Å². The summed E-state index contributed by atoms with van der Waals surface area (Å²) in [6.07, 6.45) is 1.95. The second-order valence-electron chi connectivity index (χ2n) is 1.81. The van der Waals surface area contributed by atoms with Crippen molar-refractivity contribution in [3.8, 4) is 0 Å². The predicted octanol–water partition coefficient (Wildman–Crippen LogP) is 0.970. The second kappa shape index (κ2) is 3.73. The molecule has 1 aromatic heterocycles. The van der Waals surface area contributed by atoms with E-state index in [1.807, 2.05) is 6.26 Å². The monoisotopic (exact) mass is 190 g/mol. The van der Waals surface area contributed by atoms with Crippen molar-refractivity contribution in [2.75, 3.05) is 12.0 Å². The van der Waals surface area contributed by atoms with Gasteiger partial charge in [0.1, 0.15) is 5.82 Å². The molecule has 1 aromatic rings. The van der Waals surface area contributed by atoms with Gasteiger partial charge in [-0.15, -0.1) is 0 Å². The van der Waals surface area contributed by atoms with E-state index in [2.05, 4.69) is 15.0 Å². The van der Waals surface area contributed by atoms with Gasteiger partial charge in [0.05, 0.1) is 5.75 Å². The summed E-state index contributed by atoms with van der Waals surface area (Å²) in [6.45, 7) is 0. The van der Waals surface area contributed by atoms with Crippen molar-refractivity contribution in [2.24, 2.45) is 0 Å². The first kappa shape index (κ1) is 8.55. The highest BCUT2D eigenvalue weighted by Gasteiger charge is 2.00. The van der Waals surface area contributed by atoms with Gasteiger partial charge in [-0.3, -0.25) is 0 Å². The van der Waals surface area contributed by atoms with E-state index in [1.54, 1.807) is 11.8 Å². The minimum atomic E-state index is 0.154. The summed E-state index contributed by atoms with van der Waals surface area (Å²) < 4.78 is 0. The minimum Gasteiger partial charge on any atom is -0.368 e. The number of nitrogens with zero attached hydrogens (tertiary/aromatic N) is 3. The fraction of sp³-hybridized carbons (Fsp3) is 0.400. The molecule has 11 heavy (non-hydrogen) atoms. The molecule has 0 bridgehead atoms. The number of anilines is 1. The average molecular weight is 191 g/mol. The Bertz CT molecular complexity index is 234. The molecule has 0 radical (unpaired) electrons. The number of halogens is 1. The van der Waals surface area contributed by atoms with Gasteiger partial charge in [-0.05, 0) is 17.9 Å². The van der Waals surface area contributed by atoms with Crippen molar-refractivity contribution < 1.29 is 0 Å². The molecule has 6 heteroatoms. The molecule has 0 aliphatic rings. The zero-order valence-electron chi connectivity index (χ0n) is 5.91. The van der Waals surface area contributed by atoms with Crippen LogP contribution >= 0.6 is 23.4 Å². The van der Waals surface area contributed by atoms with Crippen LogP contribution in [-0.2, 0) is 5.75 Å². The maximum absolute atomic E-state index is 5.53. The molecule has 0 spiro atoms. The Labute approximate surface area is 73.6 Å². The van der Waals surface area contributed by atoms with Crippen LogP contribution in [0.3, 0.4) is 0 Å². The predicted molar refractivity (Wildman–Crippen MR) is 46.5 cm³/mol. The Morgan fingerprint density at radius 1 is 1.45 bits per heavy atom. The molecule has 0 atom stereocenters. The Kier molecular flexibility index (Phi) is 2.90. The van der Waals surface area contributed by atoms with E-state index in [0.29, 0.717) is 11.6 Å². The van der Waals surface area contributed by atoms with E-state index in [0.717, 1.165) is 0 Å². The average Bonchev–Trinajstić information content (AvgIpc) is 1.85. The van der Waals surface area contributed by atoms with Gasteiger partial charge in [-0.25, -0.2) is 4.98 Å². The Balaban J connectivity index is 2.89. The van der Waals surface area contributed by atoms with E-state index in [1.165, 1.54) is 0 Å². The lowest BCUT2D eigenvalue weighted by Crippen LogP contribution is -2.01. The first-order valence-corrected chi connectivity index (χ1v) is 4.64. The second-order valence-corrected chi connectivity index (χ2v) is 3.02. The molecule has 0 saturated heterocycles. The fourth-order valence-corrected chi connectivity index (χ4v) is 1.17. The molecule has 0 aliphatic carbocycles. The number of nitrogen functional groups attached to an aromatic ring is 1. The molecule has 60 valence electrons. The third-order valence-corrected chi connectivity index (χ3v) is 1.66. The first-order valence-electron chi connectivity index (χ1n) is 2.87. The highest BCUT2D eigenvalue weighted by atomic mass is 35.5. The minimum absolute atomic E-state index is 0.154. The van der Waals surface area contributed by atoms with Crippen LogP contribution in [0.15, 0.2) is 0 Å². The molecule has 0 amide bonds. The smallest absolute Gasteiger partial charge is 0.227 e. The summed E-state index contributed by atoms with van der Waals surface area (Å²) in [5, 5.41) is 0.154. The largest absolute Gasteiger partial charge is 0.368 e. The number of rotatable bonds is 2. The molecule has 0 fully saturated rings. The summed E-state index contributed by atoms with van der Waals surface area (Å²) in [4.78, 5) is 11.4. The van der Waals surface area contributed by atoms with Crippen LogP contribution in [0.1, 0.15) is 5.82 Å². The molecule has 0 aliphatic heterocycles. The third kappa shape index (κ3) is 2.51. The molecule has 0 aromatic carbocycles. The normalized spacial score (nSPS) is 10.0. The van der Waals surface area contributed by atoms with Crippen LogP contribution in [0.4, 0.5) is 5.95 Å². The van der Waals surface area contributed by atoms with Crippen LogP contribution in [0, 0.1) is 0 Å². The van der Waals surface area contributed by atoms with Gasteiger partial charge in [-0.2, -0.15) is 21.7 Å².